The van der Waals surface area contributed by atoms with Crippen molar-refractivity contribution in [1.82, 2.24) is 0 Å². The molecule has 7 nitrogen and oxygen atoms in total. The van der Waals surface area contributed by atoms with Crippen LogP contribution >= 0.6 is 14.5 Å². The molecular weight excluding hydrogens is 494 g/mol. The molecule has 0 N–H and O–H groups in total. The molecule has 0 aromatic rings. The Morgan fingerprint density at radius 3 is 1.32 bits per heavy atom. The molecular formula is C24H52O7P2S. The zero-order chi connectivity index (χ0) is 25.4. The summed E-state index contributed by atoms with van der Waals surface area (Å²) in [5.74, 6) is 0. The number of unbranched alkanes of at least 4 members (excludes halogenated alkanes) is 12. The summed E-state index contributed by atoms with van der Waals surface area (Å²) in [5.41, 5.74) is 0. The van der Waals surface area contributed by atoms with E-state index in [1.165, 1.54) is 0 Å². The molecule has 0 aromatic heterocycles. The fraction of sp³-hybridized carbons (Fsp3) is 1.00. The van der Waals surface area contributed by atoms with Gasteiger partial charge in [0.05, 0.1) is 26.4 Å². The normalized spacial score (nSPS) is 13.9. The average molecular weight is 547 g/mol. The Labute approximate surface area is 215 Å². The largest absolute Gasteiger partial charge is 0.482 e. The smallest absolute Gasteiger partial charge is 0.307 e. The molecule has 0 fully saturated rings. The van der Waals surface area contributed by atoms with Gasteiger partial charge in [0.1, 0.15) is 0 Å². The van der Waals surface area contributed by atoms with E-state index in [1.807, 2.05) is 0 Å². The van der Waals surface area contributed by atoms with Gasteiger partial charge in [0.2, 0.25) is 0 Å². The second-order valence-corrected chi connectivity index (χ2v) is 13.3. The van der Waals surface area contributed by atoms with Crippen LogP contribution < -0.4 is 0 Å². The lowest BCUT2D eigenvalue weighted by Gasteiger charge is -2.25. The topological polar surface area (TPSA) is 72.5 Å². The lowest BCUT2D eigenvalue weighted by atomic mass is 10.2. The fourth-order valence-corrected chi connectivity index (χ4v) is 7.19. The van der Waals surface area contributed by atoms with E-state index in [0.717, 1.165) is 103 Å². The van der Waals surface area contributed by atoms with Crippen LogP contribution in [0.3, 0.4) is 0 Å². The summed E-state index contributed by atoms with van der Waals surface area (Å²) in [7, 11) is -3.95. The van der Waals surface area contributed by atoms with Crippen LogP contribution in [0.4, 0.5) is 0 Å². The fourth-order valence-electron chi connectivity index (χ4n) is 3.07. The predicted molar refractivity (Wildman–Crippen MR) is 144 cm³/mol. The molecule has 206 valence electrons. The van der Waals surface area contributed by atoms with Crippen molar-refractivity contribution in [3.63, 3.8) is 0 Å². The molecule has 0 rings (SSSR count). The molecule has 34 heavy (non-hydrogen) atoms. The zero-order valence-electron chi connectivity index (χ0n) is 22.3. The van der Waals surface area contributed by atoms with Crippen LogP contribution in [-0.4, -0.2) is 26.4 Å². The Morgan fingerprint density at radius 2 is 0.912 bits per heavy atom. The highest BCUT2D eigenvalue weighted by atomic mass is 32.5. The maximum atomic E-state index is 13.5. The first-order valence-electron chi connectivity index (χ1n) is 13.6. The monoisotopic (exact) mass is 546 g/mol. The summed E-state index contributed by atoms with van der Waals surface area (Å²) < 4.78 is 41.8. The van der Waals surface area contributed by atoms with E-state index < -0.39 is 14.5 Å². The molecule has 0 amide bonds. The molecule has 0 aliphatic rings. The molecule has 0 saturated carbocycles. The summed E-state index contributed by atoms with van der Waals surface area (Å²) in [6, 6.07) is 0. The summed E-state index contributed by atoms with van der Waals surface area (Å²) in [6.07, 6.45) is 16.2. The van der Waals surface area contributed by atoms with Crippen molar-refractivity contribution in [2.45, 2.75) is 130 Å². The lowest BCUT2D eigenvalue weighted by Crippen LogP contribution is -2.07. The van der Waals surface area contributed by atoms with Gasteiger partial charge >= 0.3 is 14.5 Å². The van der Waals surface area contributed by atoms with Crippen LogP contribution in [0.5, 0.6) is 0 Å². The minimum Gasteiger partial charge on any atom is -0.307 e. The van der Waals surface area contributed by atoms with Crippen molar-refractivity contribution in [3.8, 4) is 0 Å². The van der Waals surface area contributed by atoms with Gasteiger partial charge in [-0.15, -0.1) is 4.67 Å². The van der Waals surface area contributed by atoms with Crippen molar-refractivity contribution in [2.24, 2.45) is 0 Å². The van der Waals surface area contributed by atoms with E-state index in [2.05, 4.69) is 27.7 Å². The number of hydrogen-bond acceptors (Lipinski definition) is 8. The molecule has 0 aromatic carbocycles. The summed E-state index contributed by atoms with van der Waals surface area (Å²) in [5, 5.41) is 0. The number of phosphoric ester groups is 1. The molecule has 10 heteroatoms. The Hall–Kier alpha value is 0.640. The van der Waals surface area contributed by atoms with E-state index >= 15 is 0 Å². The summed E-state index contributed by atoms with van der Waals surface area (Å²) in [6.45, 7) is 6.39. The number of rotatable bonds is 27. The minimum atomic E-state index is -3.95. The maximum Gasteiger partial charge on any atom is 0.482 e. The Morgan fingerprint density at radius 1 is 0.529 bits per heavy atom. The summed E-state index contributed by atoms with van der Waals surface area (Å²) >= 11 is 5.56. The van der Waals surface area contributed by atoms with Crippen LogP contribution in [0.15, 0.2) is 0 Å². The van der Waals surface area contributed by atoms with E-state index in [4.69, 9.17) is 39.3 Å². The van der Waals surface area contributed by atoms with E-state index in [-0.39, 0.29) is 13.2 Å². The van der Waals surface area contributed by atoms with Gasteiger partial charge in [-0.05, 0) is 37.5 Å². The molecule has 0 saturated heterocycles. The van der Waals surface area contributed by atoms with Crippen LogP contribution in [0.25, 0.3) is 0 Å². The first kappa shape index (κ1) is 34.6. The first-order valence-corrected chi connectivity index (χ1v) is 17.6. The highest BCUT2D eigenvalue weighted by Gasteiger charge is 2.38. The molecule has 0 radical (unpaired) electrons. The van der Waals surface area contributed by atoms with Crippen LogP contribution in [0.2, 0.25) is 0 Å². The second-order valence-electron chi connectivity index (χ2n) is 8.61. The van der Waals surface area contributed by atoms with Gasteiger partial charge < -0.3 is 4.52 Å². The van der Waals surface area contributed by atoms with Gasteiger partial charge in [0.25, 0.3) is 0 Å². The Kier molecular flexibility index (Phi) is 24.5. The molecule has 0 heterocycles. The van der Waals surface area contributed by atoms with Crippen molar-refractivity contribution < 1.29 is 32.0 Å². The Bertz CT molecular complexity index is 519. The van der Waals surface area contributed by atoms with Crippen molar-refractivity contribution in [3.05, 3.63) is 0 Å². The minimum absolute atomic E-state index is 0.274. The van der Waals surface area contributed by atoms with Gasteiger partial charge in [0.15, 0.2) is 0 Å². The SMILES string of the molecule is CCCCCCOOP(=S)(OCCCCCC)OP(=O)(OCCCCCC)OCCCCCC. The number of phosphoric acid groups is 1. The van der Waals surface area contributed by atoms with Crippen LogP contribution in [0.1, 0.15) is 130 Å². The molecule has 1 unspecified atom stereocenters. The highest BCUT2D eigenvalue weighted by Crippen LogP contribution is 2.66. The van der Waals surface area contributed by atoms with Gasteiger partial charge in [-0.25, -0.2) is 13.8 Å². The second kappa shape index (κ2) is 24.0. The third-order valence-electron chi connectivity index (χ3n) is 5.17. The van der Waals surface area contributed by atoms with Gasteiger partial charge in [0, 0.05) is 0 Å². The zero-order valence-corrected chi connectivity index (χ0v) is 24.9. The standard InChI is InChI=1S/C24H52O7P2S/c1-5-9-13-17-21-26-30-33(34,29-24-20-16-12-8-4)31-32(25,27-22-18-14-10-6-2)28-23-19-15-11-7-3/h5-24H2,1-4H3. The molecule has 0 spiro atoms. The van der Waals surface area contributed by atoms with Gasteiger partial charge in [-0.3, -0.25) is 9.05 Å². The maximum absolute atomic E-state index is 13.5. The third kappa shape index (κ3) is 20.8. The molecule has 0 aliphatic heterocycles. The highest BCUT2D eigenvalue weighted by molar-refractivity contribution is 8.08. The van der Waals surface area contributed by atoms with E-state index in [0.29, 0.717) is 13.2 Å². The first-order chi connectivity index (χ1) is 16.4. The van der Waals surface area contributed by atoms with Gasteiger partial charge in [-0.1, -0.05) is 105 Å². The van der Waals surface area contributed by atoms with E-state index in [1.54, 1.807) is 0 Å². The van der Waals surface area contributed by atoms with Crippen molar-refractivity contribution in [1.29, 1.82) is 0 Å². The van der Waals surface area contributed by atoms with Crippen LogP contribution in [-0.2, 0) is 43.8 Å². The lowest BCUT2D eigenvalue weighted by molar-refractivity contribution is -0.216. The quantitative estimate of drug-likeness (QED) is 0.0436. The van der Waals surface area contributed by atoms with Gasteiger partial charge in [-0.2, -0.15) is 0 Å². The van der Waals surface area contributed by atoms with Crippen molar-refractivity contribution in [2.75, 3.05) is 26.4 Å². The average Bonchev–Trinajstić information content (AvgIpc) is 2.81. The Balaban J connectivity index is 5.04. The van der Waals surface area contributed by atoms with E-state index in [9.17, 15) is 4.57 Å². The van der Waals surface area contributed by atoms with Crippen LogP contribution in [0, 0.1) is 0 Å². The molecule has 0 bridgehead atoms. The molecule has 0 aliphatic carbocycles. The predicted octanol–water partition coefficient (Wildman–Crippen LogP) is 9.65. The van der Waals surface area contributed by atoms with Crippen molar-refractivity contribution >= 4 is 26.3 Å². The summed E-state index contributed by atoms with van der Waals surface area (Å²) in [4.78, 5) is 5.35. The molecule has 1 atom stereocenters. The number of hydrogen-bond donors (Lipinski definition) is 0. The third-order valence-corrected chi connectivity index (χ3v) is 9.65.